The Morgan fingerprint density at radius 2 is 1.87 bits per heavy atom. The molecule has 0 N–H and O–H groups in total. The van der Waals surface area contributed by atoms with Crippen LogP contribution in [0.1, 0.15) is 37.4 Å². The van der Waals surface area contributed by atoms with Crippen molar-refractivity contribution in [2.24, 2.45) is 0 Å². The zero-order valence-electron chi connectivity index (χ0n) is 16.8. The van der Waals surface area contributed by atoms with Crippen LogP contribution in [-0.4, -0.2) is 43.9 Å². The highest BCUT2D eigenvalue weighted by Gasteiger charge is 2.66. The van der Waals surface area contributed by atoms with Crippen molar-refractivity contribution in [3.8, 4) is 0 Å². The topological polar surface area (TPSA) is 75.5 Å². The Morgan fingerprint density at radius 1 is 1.10 bits per heavy atom. The maximum Gasteiger partial charge on any atom is 0.194 e. The first-order valence-electron chi connectivity index (χ1n) is 9.60. The van der Waals surface area contributed by atoms with Gasteiger partial charge in [0, 0.05) is 11.8 Å². The zero-order chi connectivity index (χ0) is 22.1. The summed E-state index contributed by atoms with van der Waals surface area (Å²) in [4.78, 5) is 21.8. The van der Waals surface area contributed by atoms with Crippen LogP contribution in [-0.2, 0) is 14.2 Å². The fourth-order valence-corrected chi connectivity index (χ4v) is 4.89. The highest BCUT2D eigenvalue weighted by Crippen LogP contribution is 2.51. The minimum Gasteiger partial charge on any atom is -0.341 e. The van der Waals surface area contributed by atoms with E-state index in [1.807, 2.05) is 6.92 Å². The minimum absolute atomic E-state index is 0.279. The third-order valence-electron chi connectivity index (χ3n) is 5.67. The zero-order valence-corrected chi connectivity index (χ0v) is 19.1. The summed E-state index contributed by atoms with van der Waals surface area (Å²) in [5.74, 6) is -1.19. The van der Waals surface area contributed by atoms with Gasteiger partial charge < -0.3 is 18.8 Å². The number of ketones is 1. The van der Waals surface area contributed by atoms with Gasteiger partial charge in [0.2, 0.25) is 0 Å². The molecule has 0 radical (unpaired) electrons. The summed E-state index contributed by atoms with van der Waals surface area (Å²) >= 11 is 18.4. The molecule has 2 saturated heterocycles. The maximum atomic E-state index is 13.5. The molecule has 5 rings (SSSR count). The maximum absolute atomic E-state index is 13.5. The van der Waals surface area contributed by atoms with Crippen molar-refractivity contribution in [2.45, 2.75) is 50.6 Å². The molecule has 0 bridgehead atoms. The number of hydrogen-bond donors (Lipinski definition) is 0. The van der Waals surface area contributed by atoms with Gasteiger partial charge in [-0.05, 0) is 45.0 Å². The van der Waals surface area contributed by atoms with Crippen LogP contribution < -0.4 is 0 Å². The molecule has 4 atom stereocenters. The van der Waals surface area contributed by atoms with E-state index in [9.17, 15) is 4.79 Å². The highest BCUT2D eigenvalue weighted by molar-refractivity contribution is 6.42. The van der Waals surface area contributed by atoms with Crippen LogP contribution in [0.3, 0.4) is 0 Å². The number of fused-ring (bicyclic) bond motifs is 2. The second-order valence-electron chi connectivity index (χ2n) is 8.25. The Hall–Kier alpha value is -1.74. The Bertz CT molecular complexity index is 1210. The molecule has 162 valence electrons. The number of benzene rings is 1. The van der Waals surface area contributed by atoms with E-state index in [0.717, 1.165) is 0 Å². The fourth-order valence-electron chi connectivity index (χ4n) is 4.40. The number of ether oxygens (including phenoxy) is 3. The molecule has 31 heavy (non-hydrogen) atoms. The molecule has 1 aromatic carbocycles. The van der Waals surface area contributed by atoms with Crippen molar-refractivity contribution in [1.82, 2.24) is 14.5 Å². The molecular weight excluding hydrogens is 465 g/mol. The molecule has 10 heteroatoms. The van der Waals surface area contributed by atoms with Gasteiger partial charge in [-0.25, -0.2) is 9.97 Å². The molecule has 1 unspecified atom stereocenters. The third kappa shape index (κ3) is 3.26. The summed E-state index contributed by atoms with van der Waals surface area (Å²) in [6, 6.07) is 6.52. The third-order valence-corrected chi connectivity index (χ3v) is 6.71. The van der Waals surface area contributed by atoms with E-state index >= 15 is 0 Å². The lowest BCUT2D eigenvalue weighted by atomic mass is 9.89. The molecule has 0 saturated carbocycles. The van der Waals surface area contributed by atoms with Crippen molar-refractivity contribution in [3.63, 3.8) is 0 Å². The lowest BCUT2D eigenvalue weighted by molar-refractivity contribution is -0.203. The second-order valence-corrected chi connectivity index (χ2v) is 9.42. The molecule has 2 aliphatic heterocycles. The van der Waals surface area contributed by atoms with E-state index in [2.05, 4.69) is 9.97 Å². The smallest absolute Gasteiger partial charge is 0.194 e. The standard InChI is InChI=1S/C21H18Cl3N3O4/c1-20(2)30-16-19(27-7-6-11-17(24)25-9-26-18(11)27)29-15(21(16,3)31-20)14(28)10-4-5-12(22)13(23)8-10/h4-9,15-16,19H,1-3H3/t15-,16+,19?,21-/m1/s1. The van der Waals surface area contributed by atoms with Crippen LogP contribution in [0.25, 0.3) is 11.0 Å². The van der Waals surface area contributed by atoms with Crippen LogP contribution in [0.15, 0.2) is 36.8 Å². The normalized spacial score (nSPS) is 29.4. The summed E-state index contributed by atoms with van der Waals surface area (Å²) in [7, 11) is 0. The summed E-state index contributed by atoms with van der Waals surface area (Å²) in [6.07, 6.45) is 0.965. The van der Waals surface area contributed by atoms with Crippen LogP contribution >= 0.6 is 34.8 Å². The van der Waals surface area contributed by atoms with Crippen molar-refractivity contribution in [2.75, 3.05) is 0 Å². The monoisotopic (exact) mass is 481 g/mol. The average molecular weight is 483 g/mol. The van der Waals surface area contributed by atoms with Crippen LogP contribution in [0.2, 0.25) is 15.2 Å². The Balaban J connectivity index is 1.59. The minimum atomic E-state index is -1.05. The van der Waals surface area contributed by atoms with Gasteiger partial charge in [-0.2, -0.15) is 0 Å². The lowest BCUT2D eigenvalue weighted by Crippen LogP contribution is -2.47. The molecule has 2 aliphatic rings. The van der Waals surface area contributed by atoms with Gasteiger partial charge in [0.25, 0.3) is 0 Å². The Kier molecular flexibility index (Phi) is 4.86. The molecule has 3 aromatic rings. The number of carbonyl (C=O) groups is 1. The number of Topliss-reactive ketones (excluding diaryl/α,β-unsaturated/α-hetero) is 1. The molecule has 0 aliphatic carbocycles. The van der Waals surface area contributed by atoms with Crippen LogP contribution in [0, 0.1) is 0 Å². The van der Waals surface area contributed by atoms with Gasteiger partial charge in [0.05, 0.1) is 15.4 Å². The van der Waals surface area contributed by atoms with Gasteiger partial charge in [0.1, 0.15) is 28.8 Å². The molecular formula is C21H18Cl3N3O4. The van der Waals surface area contributed by atoms with Crippen molar-refractivity contribution >= 4 is 51.6 Å². The van der Waals surface area contributed by atoms with E-state index in [0.29, 0.717) is 26.8 Å². The van der Waals surface area contributed by atoms with E-state index in [1.54, 1.807) is 42.8 Å². The second kappa shape index (κ2) is 7.13. The Morgan fingerprint density at radius 3 is 2.61 bits per heavy atom. The van der Waals surface area contributed by atoms with Gasteiger partial charge in [-0.1, -0.05) is 34.8 Å². The SMILES string of the molecule is CC1(C)O[C@H]2C(n3ccc4c(Cl)ncnc43)O[C@H](C(=O)c3ccc(Cl)c(Cl)c3)[C@@]2(C)O1. The van der Waals surface area contributed by atoms with E-state index in [-0.39, 0.29) is 10.8 Å². The van der Waals surface area contributed by atoms with Crippen LogP contribution in [0.5, 0.6) is 0 Å². The fraction of sp³-hybridized carbons (Fsp3) is 0.381. The summed E-state index contributed by atoms with van der Waals surface area (Å²) in [5.41, 5.74) is -0.107. The number of halogens is 3. The first-order valence-corrected chi connectivity index (χ1v) is 10.7. The molecule has 0 amide bonds. The number of nitrogens with zero attached hydrogens (tertiary/aromatic N) is 3. The molecule has 0 spiro atoms. The quantitative estimate of drug-likeness (QED) is 0.383. The summed E-state index contributed by atoms with van der Waals surface area (Å²) in [5, 5.41) is 1.66. The molecule has 2 fully saturated rings. The molecule has 7 nitrogen and oxygen atoms in total. The predicted octanol–water partition coefficient (Wildman–Crippen LogP) is 5.08. The lowest BCUT2D eigenvalue weighted by Gasteiger charge is -2.28. The number of carbonyl (C=O) groups excluding carboxylic acids is 1. The molecule has 2 aromatic heterocycles. The highest BCUT2D eigenvalue weighted by atomic mass is 35.5. The first kappa shape index (κ1) is 21.1. The van der Waals surface area contributed by atoms with Gasteiger partial charge in [-0.15, -0.1) is 0 Å². The van der Waals surface area contributed by atoms with E-state index in [1.165, 1.54) is 12.4 Å². The number of rotatable bonds is 3. The van der Waals surface area contributed by atoms with E-state index in [4.69, 9.17) is 49.0 Å². The van der Waals surface area contributed by atoms with E-state index < -0.39 is 29.8 Å². The van der Waals surface area contributed by atoms with Crippen molar-refractivity contribution in [1.29, 1.82) is 0 Å². The summed E-state index contributed by atoms with van der Waals surface area (Å²) in [6.45, 7) is 5.43. The van der Waals surface area contributed by atoms with Crippen molar-refractivity contribution < 1.29 is 19.0 Å². The van der Waals surface area contributed by atoms with Crippen LogP contribution in [0.4, 0.5) is 0 Å². The number of aromatic nitrogens is 3. The predicted molar refractivity (Wildman–Crippen MR) is 116 cm³/mol. The largest absolute Gasteiger partial charge is 0.341 e. The average Bonchev–Trinajstić information content (AvgIpc) is 3.31. The molecule has 4 heterocycles. The van der Waals surface area contributed by atoms with Gasteiger partial charge in [-0.3, -0.25) is 4.79 Å². The van der Waals surface area contributed by atoms with Gasteiger partial charge >= 0.3 is 0 Å². The summed E-state index contributed by atoms with van der Waals surface area (Å²) < 4.78 is 20.5. The number of hydrogen-bond acceptors (Lipinski definition) is 6. The Labute approximate surface area is 193 Å². The van der Waals surface area contributed by atoms with Crippen molar-refractivity contribution in [3.05, 3.63) is 57.6 Å². The first-order chi connectivity index (χ1) is 14.6. The van der Waals surface area contributed by atoms with Gasteiger partial charge in [0.15, 0.2) is 23.9 Å².